The zero-order valence-electron chi connectivity index (χ0n) is 25.3. The molecule has 3 rings (SSSR count). The predicted octanol–water partition coefficient (Wildman–Crippen LogP) is 9.03. The van der Waals surface area contributed by atoms with Crippen molar-refractivity contribution in [2.24, 2.45) is 5.92 Å². The quantitative estimate of drug-likeness (QED) is 0.0747. The molecule has 222 valence electrons. The molecule has 5 nitrogen and oxygen atoms in total. The van der Waals surface area contributed by atoms with Crippen LogP contribution >= 0.6 is 0 Å². The van der Waals surface area contributed by atoms with Crippen molar-refractivity contribution in [1.82, 2.24) is 0 Å². The van der Waals surface area contributed by atoms with Crippen LogP contribution in [0.1, 0.15) is 110 Å². The summed E-state index contributed by atoms with van der Waals surface area (Å²) in [5.74, 6) is 6.99. The average Bonchev–Trinajstić information content (AvgIpc) is 3.03. The van der Waals surface area contributed by atoms with Crippen molar-refractivity contribution in [2.75, 3.05) is 13.2 Å². The van der Waals surface area contributed by atoms with E-state index in [0.717, 1.165) is 36.3 Å². The average molecular weight is 569 g/mol. The van der Waals surface area contributed by atoms with E-state index in [0.29, 0.717) is 29.4 Å². The fourth-order valence-electron chi connectivity index (χ4n) is 4.14. The highest BCUT2D eigenvalue weighted by Gasteiger charge is 2.13. The third kappa shape index (κ3) is 11.8. The van der Waals surface area contributed by atoms with Crippen LogP contribution in [-0.2, 0) is 4.74 Å². The number of carbonyl (C=O) groups is 2. The fourth-order valence-corrected chi connectivity index (χ4v) is 4.14. The maximum atomic E-state index is 12.6. The van der Waals surface area contributed by atoms with Gasteiger partial charge in [-0.25, -0.2) is 9.59 Å². The first-order valence-corrected chi connectivity index (χ1v) is 15.3. The van der Waals surface area contributed by atoms with E-state index in [1.165, 1.54) is 44.9 Å². The molecule has 0 amide bonds. The number of esters is 2. The Bertz CT molecular complexity index is 1280. The van der Waals surface area contributed by atoms with Crippen LogP contribution < -0.4 is 9.47 Å². The van der Waals surface area contributed by atoms with Gasteiger partial charge in [0.1, 0.15) is 11.5 Å². The molecule has 0 aromatic heterocycles. The van der Waals surface area contributed by atoms with E-state index in [1.54, 1.807) is 36.4 Å². The summed E-state index contributed by atoms with van der Waals surface area (Å²) in [6.07, 6.45) is 11.2. The van der Waals surface area contributed by atoms with Crippen molar-refractivity contribution >= 4 is 11.9 Å². The molecule has 0 N–H and O–H groups in total. The minimum Gasteiger partial charge on any atom is -0.494 e. The minimum absolute atomic E-state index is 0.307. The maximum absolute atomic E-state index is 12.6. The molecule has 0 unspecified atom stereocenters. The molecule has 0 bridgehead atoms. The summed E-state index contributed by atoms with van der Waals surface area (Å²) in [6, 6.07) is 21.2. The fraction of sp³-hybridized carbons (Fsp3) is 0.405. The van der Waals surface area contributed by atoms with E-state index in [9.17, 15) is 9.59 Å². The normalized spacial score (nSPS) is 11.2. The maximum Gasteiger partial charge on any atom is 0.343 e. The predicted molar refractivity (Wildman–Crippen MR) is 168 cm³/mol. The van der Waals surface area contributed by atoms with Gasteiger partial charge in [0.2, 0.25) is 0 Å². The lowest BCUT2D eigenvalue weighted by Gasteiger charge is -2.10. The summed E-state index contributed by atoms with van der Waals surface area (Å²) < 4.78 is 16.7. The second-order valence-corrected chi connectivity index (χ2v) is 10.7. The molecule has 0 radical (unpaired) electrons. The molecule has 0 aliphatic rings. The number of hydrogen-bond acceptors (Lipinski definition) is 5. The van der Waals surface area contributed by atoms with Gasteiger partial charge in [0.05, 0.1) is 24.3 Å². The van der Waals surface area contributed by atoms with E-state index in [-0.39, 0.29) is 0 Å². The summed E-state index contributed by atoms with van der Waals surface area (Å²) in [5, 5.41) is 0. The molecule has 5 heteroatoms. The highest BCUT2D eigenvalue weighted by Crippen LogP contribution is 2.17. The molecule has 42 heavy (non-hydrogen) atoms. The molecule has 0 fully saturated rings. The SMILES string of the molecule is CCCCCCCCCCOc1ccc(C#Cc2ccc(OC(=O)c3ccc(C(=O)OC[C@@H](C)CC)cc3)cc2)cc1. The summed E-state index contributed by atoms with van der Waals surface area (Å²) in [7, 11) is 0. The van der Waals surface area contributed by atoms with E-state index in [1.807, 2.05) is 50.2 Å². The van der Waals surface area contributed by atoms with Gasteiger partial charge in [-0.05, 0) is 85.1 Å². The number of hydrogen-bond donors (Lipinski definition) is 0. The number of rotatable bonds is 16. The first-order chi connectivity index (χ1) is 20.5. The Morgan fingerprint density at radius 3 is 1.69 bits per heavy atom. The molecule has 3 aromatic carbocycles. The zero-order valence-corrected chi connectivity index (χ0v) is 25.3. The van der Waals surface area contributed by atoms with Gasteiger partial charge in [0.15, 0.2) is 0 Å². The van der Waals surface area contributed by atoms with Gasteiger partial charge < -0.3 is 14.2 Å². The topological polar surface area (TPSA) is 61.8 Å². The van der Waals surface area contributed by atoms with Crippen molar-refractivity contribution in [1.29, 1.82) is 0 Å². The van der Waals surface area contributed by atoms with Crippen LogP contribution in [0.25, 0.3) is 0 Å². The smallest absolute Gasteiger partial charge is 0.343 e. The molecule has 1 atom stereocenters. The molecule has 0 aliphatic carbocycles. The highest BCUT2D eigenvalue weighted by atomic mass is 16.5. The van der Waals surface area contributed by atoms with E-state index < -0.39 is 11.9 Å². The van der Waals surface area contributed by atoms with Crippen LogP contribution in [0.2, 0.25) is 0 Å². The highest BCUT2D eigenvalue weighted by molar-refractivity contribution is 5.94. The van der Waals surface area contributed by atoms with Gasteiger partial charge in [-0.1, -0.05) is 84.0 Å². The number of ether oxygens (including phenoxy) is 3. The van der Waals surface area contributed by atoms with E-state index >= 15 is 0 Å². The van der Waals surface area contributed by atoms with Gasteiger partial charge in [-0.3, -0.25) is 0 Å². The zero-order chi connectivity index (χ0) is 30.0. The second-order valence-electron chi connectivity index (χ2n) is 10.7. The Morgan fingerprint density at radius 2 is 1.14 bits per heavy atom. The second kappa shape index (κ2) is 18.4. The molecular weight excluding hydrogens is 524 g/mol. The van der Waals surface area contributed by atoms with Crippen molar-refractivity contribution in [2.45, 2.75) is 78.6 Å². The van der Waals surface area contributed by atoms with Crippen LogP contribution in [0.5, 0.6) is 11.5 Å². The molecule has 0 saturated heterocycles. The van der Waals surface area contributed by atoms with Crippen LogP contribution in [0, 0.1) is 17.8 Å². The Hall–Kier alpha value is -4.04. The minimum atomic E-state index is -0.502. The number of unbranched alkanes of at least 4 members (excludes halogenated alkanes) is 7. The van der Waals surface area contributed by atoms with Gasteiger partial charge in [0.25, 0.3) is 0 Å². The third-order valence-electron chi connectivity index (χ3n) is 7.09. The van der Waals surface area contributed by atoms with E-state index in [4.69, 9.17) is 14.2 Å². The monoisotopic (exact) mass is 568 g/mol. The van der Waals surface area contributed by atoms with Gasteiger partial charge in [-0.2, -0.15) is 0 Å². The Morgan fingerprint density at radius 1 is 0.643 bits per heavy atom. The molecule has 0 aliphatic heterocycles. The molecule has 3 aromatic rings. The summed E-state index contributed by atoms with van der Waals surface area (Å²) in [4.78, 5) is 24.7. The first-order valence-electron chi connectivity index (χ1n) is 15.3. The summed E-state index contributed by atoms with van der Waals surface area (Å²) in [5.41, 5.74) is 2.46. The lowest BCUT2D eigenvalue weighted by Crippen LogP contribution is -2.12. The summed E-state index contributed by atoms with van der Waals surface area (Å²) in [6.45, 7) is 7.45. The Kier molecular flexibility index (Phi) is 14.2. The van der Waals surface area contributed by atoms with Crippen molar-refractivity contribution in [3.05, 3.63) is 95.1 Å². The van der Waals surface area contributed by atoms with E-state index in [2.05, 4.69) is 18.8 Å². The van der Waals surface area contributed by atoms with Crippen LogP contribution in [0.4, 0.5) is 0 Å². The lowest BCUT2D eigenvalue weighted by molar-refractivity contribution is 0.0446. The van der Waals surface area contributed by atoms with Crippen molar-refractivity contribution in [3.8, 4) is 23.3 Å². The van der Waals surface area contributed by atoms with Gasteiger partial charge >= 0.3 is 11.9 Å². The molecule has 0 heterocycles. The number of carbonyl (C=O) groups excluding carboxylic acids is 2. The largest absolute Gasteiger partial charge is 0.494 e. The first kappa shape index (κ1) is 32.5. The Balaban J connectivity index is 1.41. The van der Waals surface area contributed by atoms with Gasteiger partial charge in [-0.15, -0.1) is 0 Å². The van der Waals surface area contributed by atoms with Crippen LogP contribution in [0.3, 0.4) is 0 Å². The van der Waals surface area contributed by atoms with Crippen LogP contribution in [-0.4, -0.2) is 25.2 Å². The standard InChI is InChI=1S/C37H44O5/c1-4-6-7-8-9-10-11-12-27-40-34-23-15-30(16-24-34)13-14-31-17-25-35(26-18-31)42-37(39)33-21-19-32(20-22-33)36(38)41-28-29(3)5-2/h15-26,29H,4-12,27-28H2,1-3H3/t29-/m0/s1. The van der Waals surface area contributed by atoms with Crippen molar-refractivity contribution in [3.63, 3.8) is 0 Å². The van der Waals surface area contributed by atoms with Crippen molar-refractivity contribution < 1.29 is 23.8 Å². The Labute approximate surface area is 251 Å². The van der Waals surface area contributed by atoms with Gasteiger partial charge in [0, 0.05) is 11.1 Å². The third-order valence-corrected chi connectivity index (χ3v) is 7.09. The number of benzene rings is 3. The molecule has 0 saturated carbocycles. The molecular formula is C37H44O5. The van der Waals surface area contributed by atoms with Crippen LogP contribution in [0.15, 0.2) is 72.8 Å². The lowest BCUT2D eigenvalue weighted by atomic mass is 10.1. The molecule has 0 spiro atoms. The summed E-state index contributed by atoms with van der Waals surface area (Å²) >= 11 is 0.